The normalized spacial score (nSPS) is 20.5. The van der Waals surface area contributed by atoms with E-state index in [1.807, 2.05) is 43.3 Å². The van der Waals surface area contributed by atoms with Gasteiger partial charge in [-0.1, -0.05) is 60.3 Å². The highest BCUT2D eigenvalue weighted by Crippen LogP contribution is 2.44. The number of aliphatic hydroxyl groups excluding tert-OH is 1. The highest BCUT2D eigenvalue weighted by molar-refractivity contribution is 8.15. The van der Waals surface area contributed by atoms with Crippen molar-refractivity contribution in [2.45, 2.75) is 25.0 Å². The smallest absolute Gasteiger partial charge is 0.219 e. The number of carbonyl (C=O) groups excluding carboxylic acids is 2. The molecule has 1 atom stereocenters. The van der Waals surface area contributed by atoms with E-state index in [1.165, 1.54) is 0 Å². The fourth-order valence-corrected chi connectivity index (χ4v) is 4.06. The molecule has 0 spiro atoms. The van der Waals surface area contributed by atoms with Crippen LogP contribution in [0.5, 0.6) is 0 Å². The minimum absolute atomic E-state index is 0.0336. The highest BCUT2D eigenvalue weighted by atomic mass is 32.2. The molecular formula is C20H18O3S. The summed E-state index contributed by atoms with van der Waals surface area (Å²) in [7, 11) is 0. The Balaban J connectivity index is 1.87. The molecule has 2 aromatic rings. The van der Waals surface area contributed by atoms with Gasteiger partial charge in [-0.15, -0.1) is 0 Å². The third kappa shape index (κ3) is 3.02. The van der Waals surface area contributed by atoms with Crippen LogP contribution >= 0.6 is 11.8 Å². The summed E-state index contributed by atoms with van der Waals surface area (Å²) in [4.78, 5) is 24.4. The number of carbonyl (C=O) groups is 2. The molecule has 1 N–H and O–H groups in total. The third-order valence-electron chi connectivity index (χ3n) is 4.25. The second kappa shape index (κ2) is 6.29. The van der Waals surface area contributed by atoms with E-state index < -0.39 is 4.75 Å². The van der Waals surface area contributed by atoms with Gasteiger partial charge in [0.2, 0.25) is 5.12 Å². The van der Waals surface area contributed by atoms with E-state index in [0.29, 0.717) is 23.1 Å². The lowest BCUT2D eigenvalue weighted by Crippen LogP contribution is -2.24. The number of rotatable bonds is 4. The summed E-state index contributed by atoms with van der Waals surface area (Å²) < 4.78 is -0.671. The van der Waals surface area contributed by atoms with Crippen LogP contribution in [0.3, 0.4) is 0 Å². The van der Waals surface area contributed by atoms with E-state index in [0.717, 1.165) is 17.3 Å². The molecule has 1 heterocycles. The van der Waals surface area contributed by atoms with Gasteiger partial charge < -0.3 is 5.11 Å². The van der Waals surface area contributed by atoms with E-state index in [9.17, 15) is 14.7 Å². The topological polar surface area (TPSA) is 54.4 Å². The SMILES string of the molecule is CC1=C(O)[C@@](C)(Cc2cccc(C(=O)c3ccccc3)c2)SC1=O. The molecule has 0 fully saturated rings. The second-order valence-electron chi connectivity index (χ2n) is 6.17. The molecule has 2 aromatic carbocycles. The number of hydrogen-bond acceptors (Lipinski definition) is 4. The summed E-state index contributed by atoms with van der Waals surface area (Å²) in [5.41, 5.74) is 2.58. The lowest BCUT2D eigenvalue weighted by Gasteiger charge is -2.22. The Morgan fingerprint density at radius 3 is 2.38 bits per heavy atom. The van der Waals surface area contributed by atoms with Crippen LogP contribution in [-0.2, 0) is 11.2 Å². The fraction of sp³-hybridized carbons (Fsp3) is 0.200. The predicted octanol–water partition coefficient (Wildman–Crippen LogP) is 4.32. The van der Waals surface area contributed by atoms with Crippen molar-refractivity contribution in [2.24, 2.45) is 0 Å². The maximum absolute atomic E-state index is 12.6. The summed E-state index contributed by atoms with van der Waals surface area (Å²) in [5, 5.41) is 10.2. The molecule has 1 aliphatic rings. The quantitative estimate of drug-likeness (QED) is 0.843. The van der Waals surface area contributed by atoms with E-state index in [2.05, 4.69) is 0 Å². The van der Waals surface area contributed by atoms with E-state index in [-0.39, 0.29) is 16.7 Å². The van der Waals surface area contributed by atoms with Crippen molar-refractivity contribution in [1.29, 1.82) is 0 Å². The summed E-state index contributed by atoms with van der Waals surface area (Å²) in [6.45, 7) is 3.50. The van der Waals surface area contributed by atoms with Gasteiger partial charge in [0.15, 0.2) is 5.78 Å². The van der Waals surface area contributed by atoms with Gasteiger partial charge in [0.05, 0.1) is 4.75 Å². The summed E-state index contributed by atoms with van der Waals surface area (Å²) in [6, 6.07) is 16.5. The number of benzene rings is 2. The van der Waals surface area contributed by atoms with Gasteiger partial charge in [-0.25, -0.2) is 0 Å². The Labute approximate surface area is 145 Å². The first-order valence-electron chi connectivity index (χ1n) is 7.73. The predicted molar refractivity (Wildman–Crippen MR) is 96.4 cm³/mol. The molecule has 0 bridgehead atoms. The lowest BCUT2D eigenvalue weighted by molar-refractivity contribution is -0.107. The van der Waals surface area contributed by atoms with Crippen LogP contribution in [0.25, 0.3) is 0 Å². The molecule has 0 radical (unpaired) electrons. The minimum Gasteiger partial charge on any atom is -0.510 e. The van der Waals surface area contributed by atoms with E-state index >= 15 is 0 Å². The molecule has 0 unspecified atom stereocenters. The Morgan fingerprint density at radius 2 is 1.75 bits per heavy atom. The van der Waals surface area contributed by atoms with Crippen LogP contribution in [0.4, 0.5) is 0 Å². The zero-order valence-corrected chi connectivity index (χ0v) is 14.4. The van der Waals surface area contributed by atoms with Gasteiger partial charge in [-0.05, 0) is 31.9 Å². The van der Waals surface area contributed by atoms with Gasteiger partial charge in [0.1, 0.15) is 5.76 Å². The highest BCUT2D eigenvalue weighted by Gasteiger charge is 2.41. The number of hydrogen-bond donors (Lipinski definition) is 1. The summed E-state index contributed by atoms with van der Waals surface area (Å²) in [5.74, 6) is 0.103. The fourth-order valence-electron chi connectivity index (χ4n) is 2.91. The molecule has 0 saturated carbocycles. The number of ketones is 1. The molecule has 4 heteroatoms. The summed E-state index contributed by atoms with van der Waals surface area (Å²) in [6.07, 6.45) is 0.489. The van der Waals surface area contributed by atoms with Gasteiger partial charge in [-0.2, -0.15) is 0 Å². The van der Waals surface area contributed by atoms with Crippen LogP contribution in [-0.4, -0.2) is 20.8 Å². The van der Waals surface area contributed by atoms with Crippen LogP contribution in [0.15, 0.2) is 65.9 Å². The van der Waals surface area contributed by atoms with Crippen LogP contribution in [0, 0.1) is 0 Å². The van der Waals surface area contributed by atoms with Gasteiger partial charge in [0.25, 0.3) is 0 Å². The van der Waals surface area contributed by atoms with E-state index in [1.54, 1.807) is 25.1 Å². The van der Waals surface area contributed by atoms with E-state index in [4.69, 9.17) is 0 Å². The lowest BCUT2D eigenvalue weighted by atomic mass is 9.94. The Hall–Kier alpha value is -2.33. The molecular weight excluding hydrogens is 320 g/mol. The minimum atomic E-state index is -0.671. The van der Waals surface area contributed by atoms with Gasteiger partial charge in [-0.3, -0.25) is 9.59 Å². The average molecular weight is 338 g/mol. The Bertz CT molecular complexity index is 839. The van der Waals surface area contributed by atoms with Crippen LogP contribution in [0.2, 0.25) is 0 Å². The first-order valence-corrected chi connectivity index (χ1v) is 8.55. The monoisotopic (exact) mass is 338 g/mol. The van der Waals surface area contributed by atoms with Crippen LogP contribution in [0.1, 0.15) is 35.3 Å². The molecule has 24 heavy (non-hydrogen) atoms. The number of thioether (sulfide) groups is 1. The first-order chi connectivity index (χ1) is 11.4. The van der Waals surface area contributed by atoms with Gasteiger partial charge in [0, 0.05) is 16.7 Å². The first kappa shape index (κ1) is 16.5. The molecule has 0 aromatic heterocycles. The molecule has 0 amide bonds. The van der Waals surface area contributed by atoms with Crippen molar-refractivity contribution in [2.75, 3.05) is 0 Å². The third-order valence-corrected chi connectivity index (χ3v) is 5.53. The number of aliphatic hydroxyl groups is 1. The zero-order valence-electron chi connectivity index (χ0n) is 13.6. The molecule has 3 rings (SSSR count). The zero-order chi connectivity index (χ0) is 17.3. The largest absolute Gasteiger partial charge is 0.510 e. The van der Waals surface area contributed by atoms with Crippen molar-refractivity contribution >= 4 is 22.7 Å². The molecule has 122 valence electrons. The van der Waals surface area contributed by atoms with Crippen molar-refractivity contribution in [1.82, 2.24) is 0 Å². The summed E-state index contributed by atoms with van der Waals surface area (Å²) >= 11 is 1.14. The average Bonchev–Trinajstić information content (AvgIpc) is 2.78. The van der Waals surface area contributed by atoms with Crippen molar-refractivity contribution in [3.63, 3.8) is 0 Å². The molecule has 1 aliphatic heterocycles. The molecule has 0 saturated heterocycles. The molecule has 3 nitrogen and oxygen atoms in total. The molecule has 0 aliphatic carbocycles. The van der Waals surface area contributed by atoms with Crippen molar-refractivity contribution in [3.05, 3.63) is 82.6 Å². The van der Waals surface area contributed by atoms with Crippen molar-refractivity contribution in [3.8, 4) is 0 Å². The van der Waals surface area contributed by atoms with Gasteiger partial charge >= 0.3 is 0 Å². The second-order valence-corrected chi connectivity index (χ2v) is 7.64. The van der Waals surface area contributed by atoms with Crippen molar-refractivity contribution < 1.29 is 14.7 Å². The Morgan fingerprint density at radius 1 is 1.08 bits per heavy atom. The Kier molecular flexibility index (Phi) is 4.33. The maximum Gasteiger partial charge on any atom is 0.219 e. The standard InChI is InChI=1S/C20H18O3S/c1-13-18(22)20(2,24-19(13)23)12-14-7-6-10-16(11-14)17(21)15-8-4-3-5-9-15/h3-11,22H,12H2,1-2H3/t20-/m1/s1. The van der Waals surface area contributed by atoms with Crippen LogP contribution < -0.4 is 0 Å². The maximum atomic E-state index is 12.6.